The molecule has 0 aliphatic carbocycles. The average molecular weight is 233 g/mol. The highest BCUT2D eigenvalue weighted by Crippen LogP contribution is 2.15. The Bertz CT molecular complexity index is 314. The molecule has 1 aromatic carbocycles. The summed E-state index contributed by atoms with van der Waals surface area (Å²) in [6.07, 6.45) is 3.61. The molecule has 1 N–H and O–H groups in total. The smallest absolute Gasteiger partial charge is 0.0495 e. The maximum absolute atomic E-state index is 5.37. The molecular weight excluding hydrogens is 210 g/mol. The van der Waals surface area contributed by atoms with Crippen LogP contribution in [0.25, 0.3) is 0 Å². The zero-order valence-electron chi connectivity index (χ0n) is 10.7. The summed E-state index contributed by atoms with van der Waals surface area (Å²) in [4.78, 5) is 0. The second-order valence-corrected chi connectivity index (χ2v) is 4.87. The number of benzene rings is 1. The quantitative estimate of drug-likeness (QED) is 0.763. The maximum atomic E-state index is 5.37. The fourth-order valence-corrected chi connectivity index (χ4v) is 2.24. The highest BCUT2D eigenvalue weighted by molar-refractivity contribution is 5.22. The summed E-state index contributed by atoms with van der Waals surface area (Å²) in [6, 6.07) is 8.90. The molecule has 1 aliphatic rings. The number of rotatable bonds is 6. The van der Waals surface area contributed by atoms with Crippen molar-refractivity contribution in [3.8, 4) is 0 Å². The first-order valence-corrected chi connectivity index (χ1v) is 6.74. The topological polar surface area (TPSA) is 21.3 Å². The molecule has 17 heavy (non-hydrogen) atoms. The van der Waals surface area contributed by atoms with Crippen LogP contribution < -0.4 is 5.32 Å². The molecular formula is C15H23NO. The van der Waals surface area contributed by atoms with E-state index in [1.165, 1.54) is 24.0 Å². The predicted molar refractivity (Wildman–Crippen MR) is 71.1 cm³/mol. The highest BCUT2D eigenvalue weighted by atomic mass is 16.5. The lowest BCUT2D eigenvalue weighted by molar-refractivity contribution is 0.184. The van der Waals surface area contributed by atoms with Gasteiger partial charge in [0.2, 0.25) is 0 Å². The molecule has 0 spiro atoms. The molecule has 0 bridgehead atoms. The molecule has 1 heterocycles. The van der Waals surface area contributed by atoms with Gasteiger partial charge in [-0.05, 0) is 42.9 Å². The molecule has 94 valence electrons. The van der Waals surface area contributed by atoms with Crippen LogP contribution in [0.15, 0.2) is 24.3 Å². The molecule has 0 saturated carbocycles. The third kappa shape index (κ3) is 4.14. The van der Waals surface area contributed by atoms with Crippen molar-refractivity contribution >= 4 is 0 Å². The predicted octanol–water partition coefficient (Wildman–Crippen LogP) is 2.77. The van der Waals surface area contributed by atoms with E-state index in [1.54, 1.807) is 0 Å². The second kappa shape index (κ2) is 6.77. The van der Waals surface area contributed by atoms with Gasteiger partial charge in [-0.15, -0.1) is 0 Å². The van der Waals surface area contributed by atoms with E-state index >= 15 is 0 Å². The summed E-state index contributed by atoms with van der Waals surface area (Å²) in [5.74, 6) is 0.782. The van der Waals surface area contributed by atoms with Crippen LogP contribution in [-0.2, 0) is 17.7 Å². The number of hydrogen-bond donors (Lipinski definition) is 1. The fraction of sp³-hybridized carbons (Fsp3) is 0.600. The van der Waals surface area contributed by atoms with Gasteiger partial charge in [-0.2, -0.15) is 0 Å². The summed E-state index contributed by atoms with van der Waals surface area (Å²) in [7, 11) is 0. The lowest BCUT2D eigenvalue weighted by Crippen LogP contribution is -2.18. The van der Waals surface area contributed by atoms with Gasteiger partial charge in [0.05, 0.1) is 0 Å². The van der Waals surface area contributed by atoms with Crippen molar-refractivity contribution < 1.29 is 4.74 Å². The monoisotopic (exact) mass is 233 g/mol. The average Bonchev–Trinajstić information content (AvgIpc) is 2.88. The minimum atomic E-state index is 0.782. The van der Waals surface area contributed by atoms with Gasteiger partial charge >= 0.3 is 0 Å². The first-order chi connectivity index (χ1) is 8.38. The van der Waals surface area contributed by atoms with Crippen molar-refractivity contribution in [2.45, 2.75) is 32.7 Å². The van der Waals surface area contributed by atoms with E-state index in [0.29, 0.717) is 0 Å². The van der Waals surface area contributed by atoms with Crippen LogP contribution in [0.5, 0.6) is 0 Å². The molecule has 0 amide bonds. The lowest BCUT2D eigenvalue weighted by Gasteiger charge is -2.09. The summed E-state index contributed by atoms with van der Waals surface area (Å²) < 4.78 is 5.37. The van der Waals surface area contributed by atoms with Crippen molar-refractivity contribution in [1.82, 2.24) is 5.32 Å². The Labute approximate surface area is 104 Å². The van der Waals surface area contributed by atoms with Crippen LogP contribution in [0.2, 0.25) is 0 Å². The van der Waals surface area contributed by atoms with Crippen LogP contribution in [-0.4, -0.2) is 19.8 Å². The summed E-state index contributed by atoms with van der Waals surface area (Å²) >= 11 is 0. The van der Waals surface area contributed by atoms with Crippen molar-refractivity contribution in [2.75, 3.05) is 19.8 Å². The van der Waals surface area contributed by atoms with Crippen molar-refractivity contribution in [2.24, 2.45) is 5.92 Å². The van der Waals surface area contributed by atoms with Crippen molar-refractivity contribution in [3.63, 3.8) is 0 Å². The second-order valence-electron chi connectivity index (χ2n) is 4.87. The normalized spacial score (nSPS) is 19.7. The van der Waals surface area contributed by atoms with Gasteiger partial charge in [0.25, 0.3) is 0 Å². The fourth-order valence-electron chi connectivity index (χ4n) is 2.24. The Morgan fingerprint density at radius 1 is 1.24 bits per heavy atom. The highest BCUT2D eigenvalue weighted by Gasteiger charge is 2.14. The Balaban J connectivity index is 1.63. The van der Waals surface area contributed by atoms with E-state index in [0.717, 1.165) is 38.6 Å². The third-order valence-corrected chi connectivity index (χ3v) is 3.51. The molecule has 1 atom stereocenters. The minimum absolute atomic E-state index is 0.782. The summed E-state index contributed by atoms with van der Waals surface area (Å²) in [5, 5.41) is 3.51. The van der Waals surface area contributed by atoms with E-state index < -0.39 is 0 Å². The number of hydrogen-bond acceptors (Lipinski definition) is 2. The Morgan fingerprint density at radius 3 is 2.65 bits per heavy atom. The SMILES string of the molecule is CCc1ccc(CNCCC2CCOC2)cc1. The van der Waals surface area contributed by atoms with Gasteiger partial charge in [-0.25, -0.2) is 0 Å². The van der Waals surface area contributed by atoms with E-state index in [4.69, 9.17) is 4.74 Å². The van der Waals surface area contributed by atoms with Gasteiger partial charge in [0.1, 0.15) is 0 Å². The molecule has 1 fully saturated rings. The Kier molecular flexibility index (Phi) is 5.02. The molecule has 1 unspecified atom stereocenters. The van der Waals surface area contributed by atoms with E-state index in [-0.39, 0.29) is 0 Å². The molecule has 0 radical (unpaired) electrons. The van der Waals surface area contributed by atoms with Gasteiger partial charge in [0, 0.05) is 19.8 Å². The number of ether oxygens (including phenoxy) is 1. The van der Waals surface area contributed by atoms with Gasteiger partial charge in [-0.3, -0.25) is 0 Å². The third-order valence-electron chi connectivity index (χ3n) is 3.51. The van der Waals surface area contributed by atoms with Gasteiger partial charge in [-0.1, -0.05) is 31.2 Å². The standard InChI is InChI=1S/C15H23NO/c1-2-13-3-5-14(6-4-13)11-16-9-7-15-8-10-17-12-15/h3-6,15-16H,2,7-12H2,1H3. The molecule has 2 nitrogen and oxygen atoms in total. The Morgan fingerprint density at radius 2 is 2.00 bits per heavy atom. The lowest BCUT2D eigenvalue weighted by atomic mass is 10.1. The summed E-state index contributed by atoms with van der Waals surface area (Å²) in [5.41, 5.74) is 2.79. The van der Waals surface area contributed by atoms with Crippen LogP contribution in [0.4, 0.5) is 0 Å². The maximum Gasteiger partial charge on any atom is 0.0495 e. The number of aryl methyl sites for hydroxylation is 1. The van der Waals surface area contributed by atoms with Crippen LogP contribution in [0, 0.1) is 5.92 Å². The molecule has 0 aromatic heterocycles. The van der Waals surface area contributed by atoms with Gasteiger partial charge < -0.3 is 10.1 Å². The largest absolute Gasteiger partial charge is 0.381 e. The molecule has 1 aromatic rings. The first kappa shape index (κ1) is 12.6. The molecule has 2 rings (SSSR count). The first-order valence-electron chi connectivity index (χ1n) is 6.74. The van der Waals surface area contributed by atoms with Crippen molar-refractivity contribution in [1.29, 1.82) is 0 Å². The molecule has 1 saturated heterocycles. The minimum Gasteiger partial charge on any atom is -0.381 e. The Hall–Kier alpha value is -0.860. The molecule has 1 aliphatic heterocycles. The zero-order valence-corrected chi connectivity index (χ0v) is 10.7. The van der Waals surface area contributed by atoms with Gasteiger partial charge in [0.15, 0.2) is 0 Å². The zero-order chi connectivity index (χ0) is 11.9. The van der Waals surface area contributed by atoms with Crippen LogP contribution >= 0.6 is 0 Å². The van der Waals surface area contributed by atoms with Crippen molar-refractivity contribution in [3.05, 3.63) is 35.4 Å². The molecule has 2 heteroatoms. The van der Waals surface area contributed by atoms with Crippen LogP contribution in [0.1, 0.15) is 30.9 Å². The summed E-state index contributed by atoms with van der Waals surface area (Å²) in [6.45, 7) is 6.20. The van der Waals surface area contributed by atoms with Crippen LogP contribution in [0.3, 0.4) is 0 Å². The van der Waals surface area contributed by atoms with E-state index in [9.17, 15) is 0 Å². The van der Waals surface area contributed by atoms with E-state index in [1.807, 2.05) is 0 Å². The number of nitrogens with one attached hydrogen (secondary N) is 1. The van der Waals surface area contributed by atoms with E-state index in [2.05, 4.69) is 36.5 Å².